The van der Waals surface area contributed by atoms with Crippen LogP contribution in [0.3, 0.4) is 0 Å². The van der Waals surface area contributed by atoms with Gasteiger partial charge in [-0.2, -0.15) is 4.52 Å². The van der Waals surface area contributed by atoms with Gasteiger partial charge in [-0.1, -0.05) is 23.9 Å². The maximum absolute atomic E-state index is 11.7. The summed E-state index contributed by atoms with van der Waals surface area (Å²) in [6.45, 7) is 0. The van der Waals surface area contributed by atoms with E-state index in [1.54, 1.807) is 0 Å². The van der Waals surface area contributed by atoms with Gasteiger partial charge >= 0.3 is 5.69 Å². The van der Waals surface area contributed by atoms with Crippen molar-refractivity contribution in [3.05, 3.63) is 34.7 Å². The molecule has 1 aromatic carbocycles. The van der Waals surface area contributed by atoms with E-state index in [4.69, 9.17) is 0 Å². The maximum atomic E-state index is 11.7. The fraction of sp³-hybridized carbons (Fsp3) is 0.100. The van der Waals surface area contributed by atoms with Crippen molar-refractivity contribution in [2.24, 2.45) is 0 Å². The van der Waals surface area contributed by atoms with Crippen molar-refractivity contribution in [3.63, 3.8) is 0 Å². The van der Waals surface area contributed by atoms with Crippen LogP contribution in [0.25, 0.3) is 16.6 Å². The number of hydrogen-bond acceptors (Lipinski definition) is 4. The highest BCUT2D eigenvalue weighted by Gasteiger charge is 2.09. The van der Waals surface area contributed by atoms with Gasteiger partial charge in [0.25, 0.3) is 0 Å². The van der Waals surface area contributed by atoms with Crippen LogP contribution in [0.4, 0.5) is 0 Å². The van der Waals surface area contributed by atoms with E-state index in [9.17, 15) is 4.79 Å². The van der Waals surface area contributed by atoms with Crippen LogP contribution >= 0.6 is 11.8 Å². The summed E-state index contributed by atoms with van der Waals surface area (Å²) in [4.78, 5) is 18.8. The first-order chi connectivity index (χ1) is 7.79. The number of H-pyrrole nitrogens is 1. The Hall–Kier alpha value is -1.82. The molecule has 80 valence electrons. The molecule has 0 unspecified atom stereocenters. The normalized spacial score (nSPS) is 11.3. The van der Waals surface area contributed by atoms with Crippen LogP contribution in [0.1, 0.15) is 0 Å². The molecule has 0 aliphatic carbocycles. The molecule has 2 heterocycles. The number of thioether (sulfide) groups is 1. The molecule has 0 saturated heterocycles. The summed E-state index contributed by atoms with van der Waals surface area (Å²) < 4.78 is 1.30. The Morgan fingerprint density at radius 3 is 3.00 bits per heavy atom. The van der Waals surface area contributed by atoms with Gasteiger partial charge in [-0.3, -0.25) is 0 Å². The highest BCUT2D eigenvalue weighted by atomic mass is 32.2. The third kappa shape index (κ3) is 1.23. The average molecular weight is 232 g/mol. The highest BCUT2D eigenvalue weighted by molar-refractivity contribution is 7.98. The number of hydrogen-bond donors (Lipinski definition) is 1. The molecule has 3 aromatic rings. The van der Waals surface area contributed by atoms with Crippen molar-refractivity contribution in [3.8, 4) is 0 Å². The number of para-hydroxylation sites is 1. The van der Waals surface area contributed by atoms with Crippen molar-refractivity contribution >= 4 is 28.3 Å². The monoisotopic (exact) mass is 232 g/mol. The van der Waals surface area contributed by atoms with E-state index in [0.29, 0.717) is 10.8 Å². The number of fused-ring (bicyclic) bond motifs is 3. The Morgan fingerprint density at radius 1 is 1.38 bits per heavy atom. The van der Waals surface area contributed by atoms with E-state index in [1.165, 1.54) is 16.3 Å². The predicted octanol–water partition coefficient (Wildman–Crippen LogP) is 1.29. The SMILES string of the molecule is CSc1nc2c3ccccc3[nH]c(=O)n2n1. The number of aromatic amines is 1. The molecule has 0 radical (unpaired) electrons. The number of benzene rings is 1. The first kappa shape index (κ1) is 9.41. The van der Waals surface area contributed by atoms with E-state index in [-0.39, 0.29) is 5.69 Å². The van der Waals surface area contributed by atoms with Gasteiger partial charge in [-0.25, -0.2) is 9.78 Å². The minimum atomic E-state index is -0.262. The smallest absolute Gasteiger partial charge is 0.305 e. The zero-order valence-electron chi connectivity index (χ0n) is 8.47. The van der Waals surface area contributed by atoms with Crippen LogP contribution in [-0.2, 0) is 0 Å². The van der Waals surface area contributed by atoms with Gasteiger partial charge in [0, 0.05) is 5.39 Å². The summed E-state index contributed by atoms with van der Waals surface area (Å²) in [6.07, 6.45) is 1.88. The number of nitrogens with one attached hydrogen (secondary N) is 1. The van der Waals surface area contributed by atoms with Crippen molar-refractivity contribution < 1.29 is 0 Å². The van der Waals surface area contributed by atoms with Gasteiger partial charge < -0.3 is 4.98 Å². The number of nitrogens with zero attached hydrogens (tertiary/aromatic N) is 3. The lowest BCUT2D eigenvalue weighted by molar-refractivity contribution is 0.834. The van der Waals surface area contributed by atoms with Gasteiger partial charge in [-0.05, 0) is 18.4 Å². The molecule has 5 nitrogen and oxygen atoms in total. The van der Waals surface area contributed by atoms with Crippen LogP contribution < -0.4 is 5.69 Å². The molecule has 1 N–H and O–H groups in total. The Balaban J connectivity index is 2.57. The summed E-state index contributed by atoms with van der Waals surface area (Å²) in [5.74, 6) is 0. The van der Waals surface area contributed by atoms with E-state index in [2.05, 4.69) is 15.1 Å². The molecule has 3 rings (SSSR count). The van der Waals surface area contributed by atoms with Gasteiger partial charge in [0.15, 0.2) is 5.65 Å². The molecule has 0 saturated carbocycles. The minimum Gasteiger partial charge on any atom is -0.305 e. The molecule has 0 aliphatic rings. The van der Waals surface area contributed by atoms with Crippen LogP contribution in [0.5, 0.6) is 0 Å². The third-order valence-corrected chi connectivity index (χ3v) is 2.91. The second-order valence-electron chi connectivity index (χ2n) is 3.31. The molecule has 0 bridgehead atoms. The third-order valence-electron chi connectivity index (χ3n) is 2.37. The van der Waals surface area contributed by atoms with E-state index >= 15 is 0 Å². The Kier molecular flexibility index (Phi) is 1.97. The van der Waals surface area contributed by atoms with Crippen molar-refractivity contribution in [2.45, 2.75) is 5.16 Å². The fourth-order valence-corrected chi connectivity index (χ4v) is 1.99. The Bertz CT molecular complexity index is 730. The molecule has 0 fully saturated rings. The molecule has 16 heavy (non-hydrogen) atoms. The van der Waals surface area contributed by atoms with Crippen molar-refractivity contribution in [2.75, 3.05) is 6.26 Å². The van der Waals surface area contributed by atoms with E-state index in [0.717, 1.165) is 10.9 Å². The zero-order chi connectivity index (χ0) is 11.1. The van der Waals surface area contributed by atoms with Crippen LogP contribution in [0.15, 0.2) is 34.2 Å². The molecule has 6 heteroatoms. The largest absolute Gasteiger partial charge is 0.348 e. The molecule has 0 atom stereocenters. The van der Waals surface area contributed by atoms with Crippen LogP contribution in [0.2, 0.25) is 0 Å². The summed E-state index contributed by atoms with van der Waals surface area (Å²) in [6, 6.07) is 7.55. The molecule has 0 aliphatic heterocycles. The molecular weight excluding hydrogens is 224 g/mol. The highest BCUT2D eigenvalue weighted by Crippen LogP contribution is 2.16. The quantitative estimate of drug-likeness (QED) is 0.642. The van der Waals surface area contributed by atoms with E-state index < -0.39 is 0 Å². The van der Waals surface area contributed by atoms with Crippen molar-refractivity contribution in [1.82, 2.24) is 19.6 Å². The van der Waals surface area contributed by atoms with Gasteiger partial charge in [0.2, 0.25) is 5.16 Å². The lowest BCUT2D eigenvalue weighted by Crippen LogP contribution is -2.17. The summed E-state index contributed by atoms with van der Waals surface area (Å²) in [5, 5.41) is 5.60. The molecule has 0 amide bonds. The Labute approximate surface area is 94.5 Å². The lowest BCUT2D eigenvalue weighted by atomic mass is 10.2. The first-order valence-corrected chi connectivity index (χ1v) is 5.94. The zero-order valence-corrected chi connectivity index (χ0v) is 9.28. The van der Waals surface area contributed by atoms with Crippen LogP contribution in [0, 0.1) is 0 Å². The van der Waals surface area contributed by atoms with E-state index in [1.807, 2.05) is 30.5 Å². The number of rotatable bonds is 1. The van der Waals surface area contributed by atoms with Crippen LogP contribution in [-0.4, -0.2) is 25.8 Å². The van der Waals surface area contributed by atoms with Gasteiger partial charge in [0.05, 0.1) is 5.52 Å². The van der Waals surface area contributed by atoms with Gasteiger partial charge in [0.1, 0.15) is 0 Å². The van der Waals surface area contributed by atoms with Gasteiger partial charge in [-0.15, -0.1) is 5.10 Å². The fourth-order valence-electron chi connectivity index (χ4n) is 1.65. The predicted molar refractivity (Wildman–Crippen MR) is 62.9 cm³/mol. The minimum absolute atomic E-state index is 0.262. The second-order valence-corrected chi connectivity index (χ2v) is 4.08. The summed E-state index contributed by atoms with van der Waals surface area (Å²) >= 11 is 1.42. The topological polar surface area (TPSA) is 63.0 Å². The maximum Gasteiger partial charge on any atom is 0.348 e. The molecule has 0 spiro atoms. The Morgan fingerprint density at radius 2 is 2.19 bits per heavy atom. The standard InChI is InChI=1S/C10H8N4OS/c1-16-9-12-8-6-4-2-3-5-7(6)11-10(15)14(8)13-9/h2-5H,1H3,(H,11,15). The lowest BCUT2D eigenvalue weighted by Gasteiger charge is -1.97. The van der Waals surface area contributed by atoms with Crippen molar-refractivity contribution in [1.29, 1.82) is 0 Å². The number of aromatic nitrogens is 4. The molecule has 2 aromatic heterocycles. The average Bonchev–Trinajstić information content (AvgIpc) is 2.74. The first-order valence-electron chi connectivity index (χ1n) is 4.71. The molecular formula is C10H8N4OS. The summed E-state index contributed by atoms with van der Waals surface area (Å²) in [7, 11) is 0. The summed E-state index contributed by atoms with van der Waals surface area (Å²) in [5.41, 5.74) is 1.12. The second kappa shape index (κ2) is 3.34.